The molecule has 1 aliphatic rings. The molecule has 1 aliphatic heterocycles. The Morgan fingerprint density at radius 3 is 2.68 bits per heavy atom. The zero-order valence-corrected chi connectivity index (χ0v) is 18.0. The number of ketones is 1. The van der Waals surface area contributed by atoms with Gasteiger partial charge in [0, 0.05) is 38.3 Å². The van der Waals surface area contributed by atoms with E-state index < -0.39 is 17.7 Å². The SMILES string of the molecule is Cc1cc(Cl)ccc1N1C(=O)C(=O)/C(=C(\O)c2c[nH]c3ccccc23)C1c1cccs1. The van der Waals surface area contributed by atoms with Crippen LogP contribution in [0.5, 0.6) is 0 Å². The molecule has 31 heavy (non-hydrogen) atoms. The van der Waals surface area contributed by atoms with Crippen LogP contribution in [-0.4, -0.2) is 21.8 Å². The Hall–Kier alpha value is -3.35. The highest BCUT2D eigenvalue weighted by molar-refractivity contribution is 7.10. The lowest BCUT2D eigenvalue weighted by molar-refractivity contribution is -0.132. The number of para-hydroxylation sites is 1. The van der Waals surface area contributed by atoms with Crippen molar-refractivity contribution >= 4 is 57.0 Å². The van der Waals surface area contributed by atoms with E-state index in [1.807, 2.05) is 48.7 Å². The number of benzene rings is 2. The van der Waals surface area contributed by atoms with E-state index in [0.29, 0.717) is 16.3 Å². The third-order valence-electron chi connectivity index (χ3n) is 5.52. The van der Waals surface area contributed by atoms with E-state index in [1.165, 1.54) is 16.2 Å². The van der Waals surface area contributed by atoms with Crippen LogP contribution in [0.25, 0.3) is 16.7 Å². The van der Waals surface area contributed by atoms with Crippen molar-refractivity contribution in [2.45, 2.75) is 13.0 Å². The first-order valence-corrected chi connectivity index (χ1v) is 10.9. The average Bonchev–Trinajstić information content (AvgIpc) is 3.48. The Morgan fingerprint density at radius 2 is 1.94 bits per heavy atom. The minimum absolute atomic E-state index is 0.0755. The molecule has 0 aliphatic carbocycles. The number of amides is 1. The molecule has 7 heteroatoms. The summed E-state index contributed by atoms with van der Waals surface area (Å²) >= 11 is 7.53. The number of H-pyrrole nitrogens is 1. The number of aryl methyl sites for hydroxylation is 1. The van der Waals surface area contributed by atoms with E-state index in [4.69, 9.17) is 11.6 Å². The Morgan fingerprint density at radius 1 is 1.13 bits per heavy atom. The summed E-state index contributed by atoms with van der Waals surface area (Å²) in [6.07, 6.45) is 1.66. The number of fused-ring (bicyclic) bond motifs is 1. The van der Waals surface area contributed by atoms with Crippen molar-refractivity contribution in [2.24, 2.45) is 0 Å². The first-order chi connectivity index (χ1) is 15.0. The molecule has 0 saturated carbocycles. The summed E-state index contributed by atoms with van der Waals surface area (Å²) in [4.78, 5) is 31.8. The number of rotatable bonds is 3. The molecule has 5 nitrogen and oxygen atoms in total. The molecule has 0 bridgehead atoms. The van der Waals surface area contributed by atoms with Crippen molar-refractivity contribution in [3.05, 3.63) is 92.8 Å². The van der Waals surface area contributed by atoms with Gasteiger partial charge in [0.1, 0.15) is 11.8 Å². The first-order valence-electron chi connectivity index (χ1n) is 9.64. The summed E-state index contributed by atoms with van der Waals surface area (Å²) in [5.41, 5.74) is 2.75. The molecule has 3 heterocycles. The van der Waals surface area contributed by atoms with Crippen LogP contribution in [0.3, 0.4) is 0 Å². The number of aliphatic hydroxyl groups excluding tert-OH is 1. The van der Waals surface area contributed by atoms with Gasteiger partial charge in [0.05, 0.1) is 5.57 Å². The van der Waals surface area contributed by atoms with Gasteiger partial charge in [-0.15, -0.1) is 11.3 Å². The van der Waals surface area contributed by atoms with Crippen LogP contribution in [0.4, 0.5) is 5.69 Å². The van der Waals surface area contributed by atoms with E-state index in [-0.39, 0.29) is 11.3 Å². The Balaban J connectivity index is 1.76. The van der Waals surface area contributed by atoms with Gasteiger partial charge in [0.2, 0.25) is 0 Å². The minimum atomic E-state index is -0.728. The molecule has 154 valence electrons. The van der Waals surface area contributed by atoms with Crippen LogP contribution in [-0.2, 0) is 9.59 Å². The van der Waals surface area contributed by atoms with Gasteiger partial charge >= 0.3 is 0 Å². The lowest BCUT2D eigenvalue weighted by Gasteiger charge is -2.25. The van der Waals surface area contributed by atoms with Crippen LogP contribution in [0, 0.1) is 6.92 Å². The number of Topliss-reactive ketones (excluding diaryl/α,β-unsaturated/α-hetero) is 1. The fraction of sp³-hybridized carbons (Fsp3) is 0.0833. The molecule has 2 aromatic carbocycles. The molecule has 1 fully saturated rings. The number of hydrogen-bond acceptors (Lipinski definition) is 4. The monoisotopic (exact) mass is 448 g/mol. The van der Waals surface area contributed by atoms with Gasteiger partial charge in [-0.2, -0.15) is 0 Å². The lowest BCUT2D eigenvalue weighted by atomic mass is 9.99. The molecule has 0 radical (unpaired) electrons. The van der Waals surface area contributed by atoms with E-state index >= 15 is 0 Å². The predicted molar refractivity (Wildman–Crippen MR) is 124 cm³/mol. The van der Waals surface area contributed by atoms with Crippen molar-refractivity contribution in [2.75, 3.05) is 4.90 Å². The topological polar surface area (TPSA) is 73.4 Å². The number of nitrogens with one attached hydrogen (secondary N) is 1. The van der Waals surface area contributed by atoms with E-state index in [0.717, 1.165) is 21.3 Å². The highest BCUT2D eigenvalue weighted by Gasteiger charge is 2.48. The number of hydrogen-bond donors (Lipinski definition) is 2. The zero-order chi connectivity index (χ0) is 21.7. The smallest absolute Gasteiger partial charge is 0.300 e. The van der Waals surface area contributed by atoms with Gasteiger partial charge < -0.3 is 10.1 Å². The molecule has 4 aromatic rings. The van der Waals surface area contributed by atoms with Crippen LogP contribution in [0.2, 0.25) is 5.02 Å². The third-order valence-corrected chi connectivity index (χ3v) is 6.68. The molecule has 0 spiro atoms. The number of carbonyl (C=O) groups is 2. The number of halogens is 1. The lowest BCUT2D eigenvalue weighted by Crippen LogP contribution is -2.29. The number of aromatic amines is 1. The molecular weight excluding hydrogens is 432 g/mol. The highest BCUT2D eigenvalue weighted by Crippen LogP contribution is 2.45. The van der Waals surface area contributed by atoms with Gasteiger partial charge in [-0.1, -0.05) is 35.9 Å². The van der Waals surface area contributed by atoms with Gasteiger partial charge in [-0.25, -0.2) is 0 Å². The van der Waals surface area contributed by atoms with Gasteiger partial charge in [-0.05, 0) is 48.2 Å². The summed E-state index contributed by atoms with van der Waals surface area (Å²) in [5.74, 6) is -1.58. The zero-order valence-electron chi connectivity index (χ0n) is 16.4. The third kappa shape index (κ3) is 3.07. The standard InChI is InChI=1S/C24H17ClN2O3S/c1-13-11-14(25)8-9-18(13)27-21(19-7-4-10-31-19)20(23(29)24(27)30)22(28)16-12-26-17-6-3-2-5-15(16)17/h2-12,21,26,28H,1H3/b22-20-. The summed E-state index contributed by atoms with van der Waals surface area (Å²) in [5, 5.41) is 14.5. The second-order valence-electron chi connectivity index (χ2n) is 7.36. The minimum Gasteiger partial charge on any atom is -0.507 e. The maximum Gasteiger partial charge on any atom is 0.300 e. The van der Waals surface area contributed by atoms with Crippen LogP contribution < -0.4 is 4.90 Å². The molecule has 1 unspecified atom stereocenters. The molecule has 1 saturated heterocycles. The number of aliphatic hydroxyl groups is 1. The largest absolute Gasteiger partial charge is 0.507 e. The van der Waals surface area contributed by atoms with Crippen molar-refractivity contribution in [3.8, 4) is 0 Å². The summed E-state index contributed by atoms with van der Waals surface area (Å²) in [7, 11) is 0. The maximum absolute atomic E-state index is 13.2. The average molecular weight is 449 g/mol. The predicted octanol–water partition coefficient (Wildman–Crippen LogP) is 5.82. The van der Waals surface area contributed by atoms with E-state index in [2.05, 4.69) is 4.98 Å². The van der Waals surface area contributed by atoms with Crippen LogP contribution >= 0.6 is 22.9 Å². The Labute approximate surface area is 187 Å². The van der Waals surface area contributed by atoms with Crippen molar-refractivity contribution in [3.63, 3.8) is 0 Å². The fourth-order valence-corrected chi connectivity index (χ4v) is 5.15. The molecule has 5 rings (SSSR count). The van der Waals surface area contributed by atoms with Crippen molar-refractivity contribution < 1.29 is 14.7 Å². The number of carbonyl (C=O) groups excluding carboxylic acids is 2. The fourth-order valence-electron chi connectivity index (χ4n) is 4.10. The molecule has 2 aromatic heterocycles. The van der Waals surface area contributed by atoms with Gasteiger partial charge in [-0.3, -0.25) is 14.5 Å². The van der Waals surface area contributed by atoms with Gasteiger partial charge in [0.25, 0.3) is 11.7 Å². The van der Waals surface area contributed by atoms with Crippen LogP contribution in [0.15, 0.2) is 71.7 Å². The number of thiophene rings is 1. The summed E-state index contributed by atoms with van der Waals surface area (Å²) < 4.78 is 0. The Kier molecular flexibility index (Phi) is 4.68. The number of anilines is 1. The second-order valence-corrected chi connectivity index (χ2v) is 8.78. The second kappa shape index (κ2) is 7.41. The maximum atomic E-state index is 13.2. The van der Waals surface area contributed by atoms with Crippen molar-refractivity contribution in [1.29, 1.82) is 0 Å². The summed E-state index contributed by atoms with van der Waals surface area (Å²) in [6, 6.07) is 15.7. The molecule has 1 atom stereocenters. The van der Waals surface area contributed by atoms with Crippen molar-refractivity contribution in [1.82, 2.24) is 4.98 Å². The molecular formula is C24H17ClN2O3S. The van der Waals surface area contributed by atoms with Gasteiger partial charge in [0.15, 0.2) is 0 Å². The summed E-state index contributed by atoms with van der Waals surface area (Å²) in [6.45, 7) is 1.84. The number of nitrogens with zero attached hydrogens (tertiary/aromatic N) is 1. The van der Waals surface area contributed by atoms with Crippen LogP contribution in [0.1, 0.15) is 22.0 Å². The molecule has 2 N–H and O–H groups in total. The van der Waals surface area contributed by atoms with E-state index in [9.17, 15) is 14.7 Å². The van der Waals surface area contributed by atoms with E-state index in [1.54, 1.807) is 24.4 Å². The highest BCUT2D eigenvalue weighted by atomic mass is 35.5. The first kappa shape index (κ1) is 19.6. The normalized spacial score (nSPS) is 18.3. The molecule has 1 amide bonds. The number of aromatic nitrogens is 1. The Bertz CT molecular complexity index is 1370. The quantitative estimate of drug-likeness (QED) is 0.236.